The van der Waals surface area contributed by atoms with E-state index < -0.39 is 0 Å². The Morgan fingerprint density at radius 2 is 1.95 bits per heavy atom. The highest BCUT2D eigenvalue weighted by Crippen LogP contribution is 2.11. The SMILES string of the molecule is Cc1nc(CN2CCCN(Cc3cccnc3)CC2)co1. The zero-order valence-corrected chi connectivity index (χ0v) is 12.5. The summed E-state index contributed by atoms with van der Waals surface area (Å²) in [7, 11) is 0. The lowest BCUT2D eigenvalue weighted by Crippen LogP contribution is -2.30. The summed E-state index contributed by atoms with van der Waals surface area (Å²) in [4.78, 5) is 13.5. The largest absolute Gasteiger partial charge is 0.449 e. The van der Waals surface area contributed by atoms with E-state index in [4.69, 9.17) is 4.42 Å². The molecular formula is C16H22N4O. The van der Waals surface area contributed by atoms with Crippen LogP contribution in [0.2, 0.25) is 0 Å². The Hall–Kier alpha value is -1.72. The van der Waals surface area contributed by atoms with Gasteiger partial charge in [-0.2, -0.15) is 0 Å². The summed E-state index contributed by atoms with van der Waals surface area (Å²) < 4.78 is 5.28. The fourth-order valence-electron chi connectivity index (χ4n) is 2.80. The molecule has 0 radical (unpaired) electrons. The Kier molecular flexibility index (Phi) is 4.62. The van der Waals surface area contributed by atoms with Crippen LogP contribution in [-0.2, 0) is 13.1 Å². The minimum Gasteiger partial charge on any atom is -0.449 e. The lowest BCUT2D eigenvalue weighted by atomic mass is 10.2. The zero-order valence-electron chi connectivity index (χ0n) is 12.5. The smallest absolute Gasteiger partial charge is 0.191 e. The van der Waals surface area contributed by atoms with Gasteiger partial charge in [-0.1, -0.05) is 6.07 Å². The standard InChI is InChI=1S/C16H22N4O/c1-14-18-16(13-21-14)12-20-7-3-6-19(8-9-20)11-15-4-2-5-17-10-15/h2,4-5,10,13H,3,6-9,11-12H2,1H3. The van der Waals surface area contributed by atoms with Crippen LogP contribution in [0.1, 0.15) is 23.6 Å². The highest BCUT2D eigenvalue weighted by Gasteiger charge is 2.16. The quantitative estimate of drug-likeness (QED) is 0.861. The third-order valence-corrected chi connectivity index (χ3v) is 3.86. The number of oxazole rings is 1. The van der Waals surface area contributed by atoms with Gasteiger partial charge in [-0.05, 0) is 31.1 Å². The number of aryl methyl sites for hydroxylation is 1. The van der Waals surface area contributed by atoms with E-state index in [1.54, 1.807) is 6.26 Å². The van der Waals surface area contributed by atoms with Crippen molar-refractivity contribution in [2.75, 3.05) is 26.2 Å². The molecule has 0 saturated carbocycles. The van der Waals surface area contributed by atoms with Crippen LogP contribution in [0.3, 0.4) is 0 Å². The van der Waals surface area contributed by atoms with Crippen molar-refractivity contribution in [3.8, 4) is 0 Å². The zero-order chi connectivity index (χ0) is 14.5. The molecule has 3 rings (SSSR count). The second-order valence-electron chi connectivity index (χ2n) is 5.62. The Morgan fingerprint density at radius 3 is 2.62 bits per heavy atom. The molecule has 0 aromatic carbocycles. The molecule has 1 saturated heterocycles. The Labute approximate surface area is 125 Å². The number of hydrogen-bond acceptors (Lipinski definition) is 5. The number of hydrogen-bond donors (Lipinski definition) is 0. The van der Waals surface area contributed by atoms with Crippen LogP contribution in [0.4, 0.5) is 0 Å². The van der Waals surface area contributed by atoms with Crippen LogP contribution in [0.25, 0.3) is 0 Å². The molecule has 2 aromatic rings. The normalized spacial score (nSPS) is 17.8. The Morgan fingerprint density at radius 1 is 1.14 bits per heavy atom. The first-order valence-corrected chi connectivity index (χ1v) is 7.54. The Balaban J connectivity index is 1.52. The van der Waals surface area contributed by atoms with Gasteiger partial charge in [0.15, 0.2) is 5.89 Å². The van der Waals surface area contributed by atoms with Crippen LogP contribution < -0.4 is 0 Å². The van der Waals surface area contributed by atoms with E-state index in [0.29, 0.717) is 0 Å². The summed E-state index contributed by atoms with van der Waals surface area (Å²) in [6.07, 6.45) is 6.75. The van der Waals surface area contributed by atoms with E-state index in [-0.39, 0.29) is 0 Å². The molecule has 1 fully saturated rings. The van der Waals surface area contributed by atoms with E-state index >= 15 is 0 Å². The van der Waals surface area contributed by atoms with Gasteiger partial charge in [0.1, 0.15) is 6.26 Å². The molecule has 0 amide bonds. The maximum atomic E-state index is 5.28. The average molecular weight is 286 g/mol. The summed E-state index contributed by atoms with van der Waals surface area (Å²) in [6, 6.07) is 4.15. The van der Waals surface area contributed by atoms with Crippen molar-refractivity contribution in [2.45, 2.75) is 26.4 Å². The molecular weight excluding hydrogens is 264 g/mol. The maximum absolute atomic E-state index is 5.28. The molecule has 0 spiro atoms. The van der Waals surface area contributed by atoms with Crippen molar-refractivity contribution in [1.29, 1.82) is 0 Å². The number of aromatic nitrogens is 2. The molecule has 112 valence electrons. The molecule has 3 heterocycles. The van der Waals surface area contributed by atoms with Gasteiger partial charge in [0.05, 0.1) is 5.69 Å². The molecule has 21 heavy (non-hydrogen) atoms. The van der Waals surface area contributed by atoms with Gasteiger partial charge < -0.3 is 4.42 Å². The predicted octanol–water partition coefficient (Wildman–Crippen LogP) is 2.09. The van der Waals surface area contributed by atoms with Crippen molar-refractivity contribution >= 4 is 0 Å². The van der Waals surface area contributed by atoms with Crippen molar-refractivity contribution in [3.05, 3.63) is 47.9 Å². The molecule has 5 nitrogen and oxygen atoms in total. The molecule has 0 aliphatic carbocycles. The van der Waals surface area contributed by atoms with E-state index in [1.165, 1.54) is 12.0 Å². The molecule has 0 unspecified atom stereocenters. The van der Waals surface area contributed by atoms with Crippen molar-refractivity contribution in [1.82, 2.24) is 19.8 Å². The summed E-state index contributed by atoms with van der Waals surface area (Å²) in [5.41, 5.74) is 2.33. The first kappa shape index (κ1) is 14.2. The highest BCUT2D eigenvalue weighted by atomic mass is 16.3. The van der Waals surface area contributed by atoms with Gasteiger partial charge in [0.25, 0.3) is 0 Å². The fraction of sp³-hybridized carbons (Fsp3) is 0.500. The van der Waals surface area contributed by atoms with Crippen molar-refractivity contribution < 1.29 is 4.42 Å². The van der Waals surface area contributed by atoms with Gasteiger partial charge in [-0.25, -0.2) is 4.98 Å². The molecule has 1 aliphatic heterocycles. The van der Waals surface area contributed by atoms with Crippen LogP contribution in [0, 0.1) is 6.92 Å². The number of rotatable bonds is 4. The summed E-state index contributed by atoms with van der Waals surface area (Å²) >= 11 is 0. The molecule has 0 N–H and O–H groups in total. The van der Waals surface area contributed by atoms with Gasteiger partial charge >= 0.3 is 0 Å². The monoisotopic (exact) mass is 286 g/mol. The first-order chi connectivity index (χ1) is 10.3. The maximum Gasteiger partial charge on any atom is 0.191 e. The van der Waals surface area contributed by atoms with E-state index in [9.17, 15) is 0 Å². The highest BCUT2D eigenvalue weighted by molar-refractivity contribution is 5.08. The van der Waals surface area contributed by atoms with E-state index in [1.807, 2.05) is 25.4 Å². The van der Waals surface area contributed by atoms with E-state index in [2.05, 4.69) is 25.8 Å². The van der Waals surface area contributed by atoms with Gasteiger partial charge in [-0.3, -0.25) is 14.8 Å². The molecule has 1 aliphatic rings. The number of nitrogens with zero attached hydrogens (tertiary/aromatic N) is 4. The summed E-state index contributed by atoms with van der Waals surface area (Å²) in [5, 5.41) is 0. The minimum atomic E-state index is 0.748. The third-order valence-electron chi connectivity index (χ3n) is 3.86. The van der Waals surface area contributed by atoms with Crippen molar-refractivity contribution in [2.24, 2.45) is 0 Å². The minimum absolute atomic E-state index is 0.748. The molecule has 0 bridgehead atoms. The molecule has 2 aromatic heterocycles. The predicted molar refractivity (Wildman–Crippen MR) is 80.6 cm³/mol. The average Bonchev–Trinajstić information content (AvgIpc) is 2.77. The lowest BCUT2D eigenvalue weighted by Gasteiger charge is -2.21. The summed E-state index contributed by atoms with van der Waals surface area (Å²) in [6.45, 7) is 8.20. The van der Waals surface area contributed by atoms with E-state index in [0.717, 1.165) is 50.9 Å². The van der Waals surface area contributed by atoms with Gasteiger partial charge in [-0.15, -0.1) is 0 Å². The lowest BCUT2D eigenvalue weighted by molar-refractivity contribution is 0.245. The molecule has 0 atom stereocenters. The fourth-order valence-corrected chi connectivity index (χ4v) is 2.80. The first-order valence-electron chi connectivity index (χ1n) is 7.54. The summed E-state index contributed by atoms with van der Waals surface area (Å²) in [5.74, 6) is 0.748. The Bertz CT molecular complexity index is 554. The van der Waals surface area contributed by atoms with Gasteiger partial charge in [0, 0.05) is 45.5 Å². The van der Waals surface area contributed by atoms with Crippen LogP contribution in [-0.4, -0.2) is 45.9 Å². The van der Waals surface area contributed by atoms with Gasteiger partial charge in [0.2, 0.25) is 0 Å². The second kappa shape index (κ2) is 6.83. The van der Waals surface area contributed by atoms with Crippen LogP contribution in [0.15, 0.2) is 35.2 Å². The van der Waals surface area contributed by atoms with Crippen molar-refractivity contribution in [3.63, 3.8) is 0 Å². The van der Waals surface area contributed by atoms with Crippen LogP contribution in [0.5, 0.6) is 0 Å². The van der Waals surface area contributed by atoms with Crippen LogP contribution >= 0.6 is 0 Å². The number of pyridine rings is 1. The molecule has 5 heteroatoms. The topological polar surface area (TPSA) is 45.4 Å². The second-order valence-corrected chi connectivity index (χ2v) is 5.62. The third kappa shape index (κ3) is 4.12.